The number of amides is 2. The van der Waals surface area contributed by atoms with Gasteiger partial charge in [-0.1, -0.05) is 45.9 Å². The maximum atomic E-state index is 13.5. The summed E-state index contributed by atoms with van der Waals surface area (Å²) in [4.78, 5) is 54.5. The van der Waals surface area contributed by atoms with Gasteiger partial charge in [-0.15, -0.1) is 0 Å². The van der Waals surface area contributed by atoms with Crippen LogP contribution < -0.4 is 21.8 Å². The number of aryl methyl sites for hydroxylation is 4. The number of hydrogen-bond acceptors (Lipinski definition) is 8. The summed E-state index contributed by atoms with van der Waals surface area (Å²) < 4.78 is 2.50. The van der Waals surface area contributed by atoms with Crippen LogP contribution in [0.4, 0.5) is 11.4 Å². The molecule has 44 heavy (non-hydrogen) atoms. The minimum Gasteiger partial charge on any atom is -0.321 e. The monoisotopic (exact) mass is 628 g/mol. The van der Waals surface area contributed by atoms with E-state index in [2.05, 4.69) is 20.8 Å². The highest BCUT2D eigenvalue weighted by molar-refractivity contribution is 8.76. The van der Waals surface area contributed by atoms with E-state index in [1.54, 1.807) is 26.2 Å². The maximum absolute atomic E-state index is 13.5. The van der Waals surface area contributed by atoms with E-state index in [0.29, 0.717) is 24.2 Å². The third-order valence-electron chi connectivity index (χ3n) is 7.98. The Bertz CT molecular complexity index is 1760. The summed E-state index contributed by atoms with van der Waals surface area (Å²) in [5.41, 5.74) is 3.76. The molecule has 2 N–H and O–H groups in total. The van der Waals surface area contributed by atoms with Crippen LogP contribution in [0.25, 0.3) is 0 Å². The average Bonchev–Trinajstić information content (AvgIpc) is 3.02. The van der Waals surface area contributed by atoms with Gasteiger partial charge < -0.3 is 10.6 Å². The number of carbonyl (C=O) groups is 2. The summed E-state index contributed by atoms with van der Waals surface area (Å²) in [5, 5.41) is 14.7. The van der Waals surface area contributed by atoms with Gasteiger partial charge in [-0.05, 0) is 86.8 Å². The zero-order chi connectivity index (χ0) is 30.8. The number of fused-ring (bicyclic) bond motifs is 2. The van der Waals surface area contributed by atoms with Crippen molar-refractivity contribution in [3.05, 3.63) is 103 Å². The Morgan fingerprint density at radius 1 is 0.636 bits per heavy atom. The van der Waals surface area contributed by atoms with E-state index in [9.17, 15) is 19.2 Å². The fourth-order valence-corrected chi connectivity index (χ4v) is 8.06. The summed E-state index contributed by atoms with van der Waals surface area (Å²) >= 11 is 0. The molecule has 0 saturated carbocycles. The van der Waals surface area contributed by atoms with Crippen molar-refractivity contribution in [3.63, 3.8) is 0 Å². The summed E-state index contributed by atoms with van der Waals surface area (Å²) in [6.45, 7) is 0. The van der Waals surface area contributed by atoms with E-state index in [1.165, 1.54) is 31.0 Å². The van der Waals surface area contributed by atoms with Crippen LogP contribution >= 0.6 is 21.6 Å². The van der Waals surface area contributed by atoms with Crippen LogP contribution in [0, 0.1) is 0 Å². The number of aromatic nitrogens is 4. The van der Waals surface area contributed by atoms with E-state index < -0.39 is 22.9 Å². The molecule has 226 valence electrons. The van der Waals surface area contributed by atoms with Crippen molar-refractivity contribution < 1.29 is 9.59 Å². The molecule has 0 aliphatic heterocycles. The van der Waals surface area contributed by atoms with E-state index in [1.807, 2.05) is 36.4 Å². The molecular formula is C32H32N6O4S2. The molecule has 0 fully saturated rings. The molecule has 2 aliphatic carbocycles. The first-order valence-electron chi connectivity index (χ1n) is 14.6. The number of nitrogens with one attached hydrogen (secondary N) is 2. The fourth-order valence-electron chi connectivity index (χ4n) is 5.79. The van der Waals surface area contributed by atoms with Gasteiger partial charge >= 0.3 is 0 Å². The predicted molar refractivity (Wildman–Crippen MR) is 173 cm³/mol. The first-order chi connectivity index (χ1) is 21.3. The third-order valence-corrected chi connectivity index (χ3v) is 10.5. The standard InChI is InChI=1S/C32H32N6O4S2/c1-37-31(41)27(19-11-3-5-13-21(19)35-37)29(39)33-23-15-7-9-17-25(23)43-44-26-18-10-8-16-24(26)34-30(40)28-20-12-4-6-14-22(20)36-38(2)32(28)42/h7-10,15-18H,3-6,11-14H2,1-2H3,(H,33,39)(H,34,40). The Labute approximate surface area is 262 Å². The highest BCUT2D eigenvalue weighted by atomic mass is 33.1. The molecule has 12 heteroatoms. The molecule has 0 atom stereocenters. The lowest BCUT2D eigenvalue weighted by molar-refractivity contribution is 0.101. The van der Waals surface area contributed by atoms with Gasteiger partial charge in [0.05, 0.1) is 22.8 Å². The van der Waals surface area contributed by atoms with Gasteiger partial charge in [-0.3, -0.25) is 19.2 Å². The Morgan fingerprint density at radius 3 is 1.45 bits per heavy atom. The first kappa shape index (κ1) is 29.9. The number of anilines is 2. The number of hydrogen-bond donors (Lipinski definition) is 2. The van der Waals surface area contributed by atoms with Crippen molar-refractivity contribution in [1.29, 1.82) is 0 Å². The Kier molecular flexibility index (Phi) is 8.72. The van der Waals surface area contributed by atoms with E-state index >= 15 is 0 Å². The number of benzene rings is 2. The zero-order valence-corrected chi connectivity index (χ0v) is 26.1. The van der Waals surface area contributed by atoms with E-state index in [4.69, 9.17) is 0 Å². The van der Waals surface area contributed by atoms with Gasteiger partial charge in [-0.25, -0.2) is 9.36 Å². The van der Waals surface area contributed by atoms with E-state index in [0.717, 1.165) is 70.8 Å². The van der Waals surface area contributed by atoms with Crippen LogP contribution in [-0.2, 0) is 39.8 Å². The summed E-state index contributed by atoms with van der Waals surface area (Å²) in [6, 6.07) is 14.8. The minimum absolute atomic E-state index is 0.155. The molecule has 10 nitrogen and oxygen atoms in total. The van der Waals surface area contributed by atoms with Gasteiger partial charge in [0.15, 0.2) is 0 Å². The topological polar surface area (TPSA) is 128 Å². The number of carbonyl (C=O) groups excluding carboxylic acids is 2. The molecule has 4 aromatic rings. The number of para-hydroxylation sites is 2. The second-order valence-corrected chi connectivity index (χ2v) is 13.2. The molecule has 0 bridgehead atoms. The molecule has 0 unspecified atom stereocenters. The van der Waals surface area contributed by atoms with Crippen LogP contribution in [-0.4, -0.2) is 31.4 Å². The highest BCUT2D eigenvalue weighted by Gasteiger charge is 2.26. The predicted octanol–water partition coefficient (Wildman–Crippen LogP) is 4.94. The lowest BCUT2D eigenvalue weighted by Crippen LogP contribution is -2.33. The van der Waals surface area contributed by atoms with Gasteiger partial charge in [0, 0.05) is 23.9 Å². The second kappa shape index (κ2) is 12.8. The molecule has 0 radical (unpaired) electrons. The van der Waals surface area contributed by atoms with Crippen LogP contribution in [0.2, 0.25) is 0 Å². The average molecular weight is 629 g/mol. The van der Waals surface area contributed by atoms with Gasteiger partial charge in [0.25, 0.3) is 22.9 Å². The highest BCUT2D eigenvalue weighted by Crippen LogP contribution is 2.43. The third kappa shape index (κ3) is 5.96. The van der Waals surface area contributed by atoms with Crippen molar-refractivity contribution in [1.82, 2.24) is 19.6 Å². The van der Waals surface area contributed by atoms with Crippen molar-refractivity contribution in [3.8, 4) is 0 Å². The lowest BCUT2D eigenvalue weighted by Gasteiger charge is -2.19. The lowest BCUT2D eigenvalue weighted by atomic mass is 9.92. The van der Waals surface area contributed by atoms with Crippen molar-refractivity contribution in [2.45, 2.75) is 61.2 Å². The zero-order valence-electron chi connectivity index (χ0n) is 24.5. The Morgan fingerprint density at radius 2 is 1.02 bits per heavy atom. The van der Waals surface area contributed by atoms with Crippen molar-refractivity contribution in [2.24, 2.45) is 14.1 Å². The van der Waals surface area contributed by atoms with Gasteiger partial charge in [0.2, 0.25) is 0 Å². The Balaban J connectivity index is 1.22. The van der Waals surface area contributed by atoms with Gasteiger partial charge in [0.1, 0.15) is 11.1 Å². The summed E-state index contributed by atoms with van der Waals surface area (Å²) in [6.07, 6.45) is 6.62. The molecule has 0 saturated heterocycles. The second-order valence-electron chi connectivity index (χ2n) is 10.9. The van der Waals surface area contributed by atoms with Crippen molar-refractivity contribution in [2.75, 3.05) is 10.6 Å². The molecular weight excluding hydrogens is 597 g/mol. The largest absolute Gasteiger partial charge is 0.321 e. The van der Waals surface area contributed by atoms with Crippen LogP contribution in [0.3, 0.4) is 0 Å². The van der Waals surface area contributed by atoms with Crippen LogP contribution in [0.15, 0.2) is 67.9 Å². The molecule has 2 aliphatic rings. The van der Waals surface area contributed by atoms with Crippen molar-refractivity contribution >= 4 is 44.8 Å². The SMILES string of the molecule is Cn1nc2c(c(C(=O)Nc3ccccc3SSc3ccccc3NC(=O)c3c4c(nn(C)c3=O)CCCC4)c1=O)CCCC2. The molecule has 2 amide bonds. The quantitative estimate of drug-likeness (QED) is 0.276. The number of rotatable bonds is 7. The summed E-state index contributed by atoms with van der Waals surface area (Å²) in [5.74, 6) is -0.891. The molecule has 2 aromatic carbocycles. The fraction of sp³-hybridized carbons (Fsp3) is 0.312. The van der Waals surface area contributed by atoms with E-state index in [-0.39, 0.29) is 11.1 Å². The first-order valence-corrected chi connectivity index (χ1v) is 16.8. The number of nitrogens with zero attached hydrogens (tertiary/aromatic N) is 4. The van der Waals surface area contributed by atoms with Crippen LogP contribution in [0.5, 0.6) is 0 Å². The molecule has 2 heterocycles. The smallest absolute Gasteiger partial charge is 0.279 e. The minimum atomic E-state index is -0.445. The normalized spacial score (nSPS) is 14.0. The molecule has 6 rings (SSSR count). The molecule has 2 aromatic heterocycles. The Hall–Kier alpha value is -4.16. The van der Waals surface area contributed by atoms with Crippen LogP contribution in [0.1, 0.15) is 68.9 Å². The molecule has 0 spiro atoms. The van der Waals surface area contributed by atoms with Gasteiger partial charge in [-0.2, -0.15) is 10.2 Å². The summed E-state index contributed by atoms with van der Waals surface area (Å²) in [7, 11) is 5.99. The maximum Gasteiger partial charge on any atom is 0.279 e.